The van der Waals surface area contributed by atoms with Crippen molar-refractivity contribution >= 4 is 0 Å². The topological polar surface area (TPSA) is 68.2 Å². The maximum Gasteiger partial charge on any atom is 0.240 e. The van der Waals surface area contributed by atoms with Crippen molar-refractivity contribution in [3.05, 3.63) is 11.7 Å². The predicted molar refractivity (Wildman–Crippen MR) is 67.9 cm³/mol. The Morgan fingerprint density at radius 3 is 2.89 bits per heavy atom. The van der Waals surface area contributed by atoms with Crippen LogP contribution in [-0.4, -0.2) is 34.2 Å². The van der Waals surface area contributed by atoms with Crippen LogP contribution in [0.1, 0.15) is 44.3 Å². The van der Waals surface area contributed by atoms with Gasteiger partial charge in [-0.05, 0) is 24.7 Å². The molecule has 0 amide bonds. The van der Waals surface area contributed by atoms with Gasteiger partial charge in [0.1, 0.15) is 0 Å². The van der Waals surface area contributed by atoms with Gasteiger partial charge in [-0.1, -0.05) is 19.0 Å². The van der Waals surface area contributed by atoms with Crippen molar-refractivity contribution in [2.75, 3.05) is 13.1 Å². The van der Waals surface area contributed by atoms with Gasteiger partial charge in [0.2, 0.25) is 5.89 Å². The molecule has 2 fully saturated rings. The van der Waals surface area contributed by atoms with Crippen LogP contribution in [0, 0.1) is 11.8 Å². The third-order valence-corrected chi connectivity index (χ3v) is 4.35. The van der Waals surface area contributed by atoms with Crippen LogP contribution in [0.3, 0.4) is 0 Å². The van der Waals surface area contributed by atoms with Crippen LogP contribution < -0.4 is 5.73 Å². The van der Waals surface area contributed by atoms with E-state index in [-0.39, 0.29) is 0 Å². The third kappa shape index (κ3) is 2.17. The van der Waals surface area contributed by atoms with Crippen LogP contribution in [0.2, 0.25) is 0 Å². The van der Waals surface area contributed by atoms with Gasteiger partial charge in [-0.25, -0.2) is 0 Å². The Morgan fingerprint density at radius 2 is 2.22 bits per heavy atom. The van der Waals surface area contributed by atoms with E-state index in [1.54, 1.807) is 0 Å². The molecule has 100 valence electrons. The highest BCUT2D eigenvalue weighted by molar-refractivity contribution is 4.97. The Labute approximate surface area is 108 Å². The summed E-state index contributed by atoms with van der Waals surface area (Å²) in [7, 11) is 0. The minimum Gasteiger partial charge on any atom is -0.338 e. The molecule has 3 atom stereocenters. The van der Waals surface area contributed by atoms with Crippen LogP contribution in [0.25, 0.3) is 0 Å². The second kappa shape index (κ2) is 4.63. The molecule has 1 aliphatic carbocycles. The molecule has 2 N–H and O–H groups in total. The Hall–Kier alpha value is -0.940. The second-order valence-electron chi connectivity index (χ2n) is 6.06. The van der Waals surface area contributed by atoms with Crippen LogP contribution in [0.5, 0.6) is 0 Å². The highest BCUT2D eigenvalue weighted by atomic mass is 16.5. The lowest BCUT2D eigenvalue weighted by molar-refractivity contribution is 0.249. The molecule has 2 aliphatic rings. The molecular formula is C13H22N4O. The minimum atomic E-state index is 0.328. The summed E-state index contributed by atoms with van der Waals surface area (Å²) in [4.78, 5) is 6.84. The van der Waals surface area contributed by atoms with E-state index >= 15 is 0 Å². The number of hydrogen-bond acceptors (Lipinski definition) is 5. The molecule has 18 heavy (non-hydrogen) atoms. The van der Waals surface area contributed by atoms with Crippen molar-refractivity contribution in [1.29, 1.82) is 0 Å². The monoisotopic (exact) mass is 250 g/mol. The fourth-order valence-corrected chi connectivity index (χ4v) is 3.29. The summed E-state index contributed by atoms with van der Waals surface area (Å²) in [5.41, 5.74) is 6.14. The number of hydrogen-bond donors (Lipinski definition) is 1. The average Bonchev–Trinajstić information content (AvgIpc) is 2.98. The van der Waals surface area contributed by atoms with Crippen molar-refractivity contribution in [2.24, 2.45) is 17.6 Å². The second-order valence-corrected chi connectivity index (χ2v) is 6.06. The zero-order chi connectivity index (χ0) is 12.7. The van der Waals surface area contributed by atoms with Gasteiger partial charge in [0.25, 0.3) is 0 Å². The number of likely N-dealkylation sites (tertiary alicyclic amines) is 1. The summed E-state index contributed by atoms with van der Waals surface area (Å²) in [6, 6.07) is 0.397. The lowest BCUT2D eigenvalue weighted by Gasteiger charge is -2.15. The highest BCUT2D eigenvalue weighted by Gasteiger charge is 2.41. The van der Waals surface area contributed by atoms with Crippen LogP contribution in [-0.2, 0) is 6.54 Å². The first kappa shape index (κ1) is 12.1. The fraction of sp³-hybridized carbons (Fsp3) is 0.846. The molecule has 5 nitrogen and oxygen atoms in total. The smallest absolute Gasteiger partial charge is 0.240 e. The summed E-state index contributed by atoms with van der Waals surface area (Å²) in [5.74, 6) is 3.34. The normalized spacial score (nSPS) is 32.3. The lowest BCUT2D eigenvalue weighted by Crippen LogP contribution is -2.30. The number of nitrogens with two attached hydrogens (primary N) is 1. The first-order valence-corrected chi connectivity index (χ1v) is 6.94. The van der Waals surface area contributed by atoms with Gasteiger partial charge in [-0.3, -0.25) is 4.90 Å². The third-order valence-electron chi connectivity index (χ3n) is 4.35. The first-order valence-electron chi connectivity index (χ1n) is 6.94. The van der Waals surface area contributed by atoms with E-state index in [0.717, 1.165) is 37.3 Å². The molecule has 0 spiro atoms. The average molecular weight is 250 g/mol. The Morgan fingerprint density at radius 1 is 1.39 bits per heavy atom. The predicted octanol–water partition coefficient (Wildman–Crippen LogP) is 1.36. The van der Waals surface area contributed by atoms with Crippen LogP contribution in [0.15, 0.2) is 4.52 Å². The number of rotatable bonds is 3. The van der Waals surface area contributed by atoms with Gasteiger partial charge < -0.3 is 10.3 Å². The zero-order valence-corrected chi connectivity index (χ0v) is 11.2. The minimum absolute atomic E-state index is 0.328. The molecule has 0 aromatic carbocycles. The van der Waals surface area contributed by atoms with Gasteiger partial charge in [0.05, 0.1) is 6.54 Å². The molecule has 3 rings (SSSR count). The van der Waals surface area contributed by atoms with Gasteiger partial charge in [-0.15, -0.1) is 0 Å². The Kier molecular flexibility index (Phi) is 3.11. The van der Waals surface area contributed by atoms with E-state index in [2.05, 4.69) is 28.9 Å². The van der Waals surface area contributed by atoms with Crippen molar-refractivity contribution in [3.8, 4) is 0 Å². The number of fused-ring (bicyclic) bond motifs is 1. The lowest BCUT2D eigenvalue weighted by atomic mass is 9.98. The van der Waals surface area contributed by atoms with Gasteiger partial charge >= 0.3 is 0 Å². The maximum absolute atomic E-state index is 6.14. The number of aromatic nitrogens is 2. The van der Waals surface area contributed by atoms with Crippen molar-refractivity contribution < 1.29 is 4.52 Å². The summed E-state index contributed by atoms with van der Waals surface area (Å²) in [6.07, 6.45) is 2.48. The molecule has 1 aromatic heterocycles. The Bertz CT molecular complexity index is 417. The fourth-order valence-electron chi connectivity index (χ4n) is 3.29. The molecule has 2 heterocycles. The van der Waals surface area contributed by atoms with Crippen LogP contribution in [0.4, 0.5) is 0 Å². The molecule has 1 aliphatic heterocycles. The summed E-state index contributed by atoms with van der Waals surface area (Å²) >= 11 is 0. The number of nitrogens with zero attached hydrogens (tertiary/aromatic N) is 3. The molecule has 3 unspecified atom stereocenters. The van der Waals surface area contributed by atoms with E-state index in [0.29, 0.717) is 17.9 Å². The summed E-state index contributed by atoms with van der Waals surface area (Å²) in [5, 5.41) is 4.01. The molecule has 5 heteroatoms. The molecule has 0 radical (unpaired) electrons. The molecule has 1 aromatic rings. The molecule has 1 saturated carbocycles. The quantitative estimate of drug-likeness (QED) is 0.877. The van der Waals surface area contributed by atoms with Gasteiger partial charge in [-0.2, -0.15) is 4.98 Å². The largest absolute Gasteiger partial charge is 0.338 e. The molecular weight excluding hydrogens is 228 g/mol. The summed E-state index contributed by atoms with van der Waals surface area (Å²) < 4.78 is 5.30. The van der Waals surface area contributed by atoms with E-state index in [1.165, 1.54) is 12.8 Å². The first-order chi connectivity index (χ1) is 8.63. The Balaban J connectivity index is 1.60. The van der Waals surface area contributed by atoms with E-state index < -0.39 is 0 Å². The van der Waals surface area contributed by atoms with E-state index in [1.807, 2.05) is 0 Å². The van der Waals surface area contributed by atoms with Crippen molar-refractivity contribution in [2.45, 2.75) is 45.2 Å². The van der Waals surface area contributed by atoms with Crippen molar-refractivity contribution in [1.82, 2.24) is 15.0 Å². The van der Waals surface area contributed by atoms with Gasteiger partial charge in [0.15, 0.2) is 5.82 Å². The van der Waals surface area contributed by atoms with Gasteiger partial charge in [0, 0.05) is 25.0 Å². The molecule has 0 bridgehead atoms. The van der Waals surface area contributed by atoms with E-state index in [9.17, 15) is 0 Å². The maximum atomic E-state index is 6.14. The van der Waals surface area contributed by atoms with Crippen molar-refractivity contribution in [3.63, 3.8) is 0 Å². The zero-order valence-electron chi connectivity index (χ0n) is 11.2. The van der Waals surface area contributed by atoms with Crippen LogP contribution >= 0.6 is 0 Å². The van der Waals surface area contributed by atoms with E-state index in [4.69, 9.17) is 10.3 Å². The standard InChI is InChI=1S/C13H22N4O/c1-8(2)13-15-12(18-16-13)7-17-5-9-3-4-11(14)10(9)6-17/h8-11H,3-7,14H2,1-2H3. The molecule has 1 saturated heterocycles. The highest BCUT2D eigenvalue weighted by Crippen LogP contribution is 2.37. The summed E-state index contributed by atoms with van der Waals surface area (Å²) in [6.45, 7) is 7.16. The SMILES string of the molecule is CC(C)c1noc(CN2CC3CCC(N)C3C2)n1.